The van der Waals surface area contributed by atoms with Crippen molar-refractivity contribution in [2.24, 2.45) is 10.7 Å². The van der Waals surface area contributed by atoms with Crippen molar-refractivity contribution < 1.29 is 0 Å². The fraction of sp³-hybridized carbons (Fsp3) is 0.500. The van der Waals surface area contributed by atoms with Crippen molar-refractivity contribution in [2.75, 3.05) is 19.6 Å². The molecule has 0 radical (unpaired) electrons. The molecule has 0 saturated carbocycles. The molecule has 0 aliphatic carbocycles. The van der Waals surface area contributed by atoms with E-state index in [1.165, 1.54) is 47.7 Å². The second kappa shape index (κ2) is 8.57. The second-order valence-corrected chi connectivity index (χ2v) is 6.20. The van der Waals surface area contributed by atoms with Crippen LogP contribution < -0.4 is 5.73 Å². The highest BCUT2D eigenvalue weighted by molar-refractivity contribution is 14.0. The molecule has 4 nitrogen and oxygen atoms in total. The Morgan fingerprint density at radius 3 is 2.70 bits per heavy atom. The van der Waals surface area contributed by atoms with Gasteiger partial charge in [-0.25, -0.2) is 0 Å². The first-order valence-electron chi connectivity index (χ1n) is 8.36. The Balaban J connectivity index is 0.00000192. The van der Waals surface area contributed by atoms with Gasteiger partial charge < -0.3 is 15.6 Å². The molecule has 126 valence electrons. The standard InChI is InChI=1S/C18H26N4.HI/c1-14-7-6-8-16-17(14)15(13-21-16)9-10-20-18(19)22-11-4-2-3-5-12-22;/h6-8,13,21H,2-5,9-12H2,1H3,(H2,19,20);1H. The van der Waals surface area contributed by atoms with Gasteiger partial charge in [0.2, 0.25) is 0 Å². The monoisotopic (exact) mass is 426 g/mol. The van der Waals surface area contributed by atoms with Crippen LogP contribution in [0.1, 0.15) is 36.8 Å². The summed E-state index contributed by atoms with van der Waals surface area (Å²) in [6, 6.07) is 6.38. The molecule has 0 amide bonds. The lowest BCUT2D eigenvalue weighted by atomic mass is 10.1. The molecular weight excluding hydrogens is 399 g/mol. The fourth-order valence-electron chi connectivity index (χ4n) is 3.34. The van der Waals surface area contributed by atoms with Gasteiger partial charge in [0.15, 0.2) is 5.96 Å². The molecule has 2 aromatic rings. The highest BCUT2D eigenvalue weighted by Crippen LogP contribution is 2.22. The number of likely N-dealkylation sites (tertiary alicyclic amines) is 1. The van der Waals surface area contributed by atoms with E-state index in [0.29, 0.717) is 0 Å². The van der Waals surface area contributed by atoms with Crippen LogP contribution in [0.4, 0.5) is 0 Å². The summed E-state index contributed by atoms with van der Waals surface area (Å²) < 4.78 is 0. The van der Waals surface area contributed by atoms with Gasteiger partial charge in [-0.3, -0.25) is 4.99 Å². The summed E-state index contributed by atoms with van der Waals surface area (Å²) in [5.41, 5.74) is 10.0. The van der Waals surface area contributed by atoms with E-state index in [1.807, 2.05) is 0 Å². The first kappa shape index (κ1) is 18.1. The van der Waals surface area contributed by atoms with Gasteiger partial charge in [0.25, 0.3) is 0 Å². The number of halogens is 1. The average Bonchev–Trinajstić information content (AvgIpc) is 2.75. The number of H-pyrrole nitrogens is 1. The molecule has 1 aliphatic rings. The highest BCUT2D eigenvalue weighted by Gasteiger charge is 2.11. The Morgan fingerprint density at radius 1 is 1.22 bits per heavy atom. The molecule has 0 spiro atoms. The number of aromatic amines is 1. The van der Waals surface area contributed by atoms with E-state index in [2.05, 4.69) is 46.2 Å². The van der Waals surface area contributed by atoms with Crippen LogP contribution in [0.2, 0.25) is 0 Å². The van der Waals surface area contributed by atoms with Crippen molar-refractivity contribution in [3.63, 3.8) is 0 Å². The normalized spacial score (nSPS) is 16.2. The number of aromatic nitrogens is 1. The topological polar surface area (TPSA) is 57.4 Å². The fourth-order valence-corrected chi connectivity index (χ4v) is 3.34. The SMILES string of the molecule is Cc1cccc2[nH]cc(CCN=C(N)N3CCCCCC3)c12.I. The Bertz CT molecular complexity index is 654. The third kappa shape index (κ3) is 4.40. The number of nitrogens with two attached hydrogens (primary N) is 1. The van der Waals surface area contributed by atoms with E-state index in [1.54, 1.807) is 0 Å². The lowest BCUT2D eigenvalue weighted by Gasteiger charge is -2.21. The largest absolute Gasteiger partial charge is 0.370 e. The molecular formula is C18H27IN4. The molecule has 0 bridgehead atoms. The zero-order chi connectivity index (χ0) is 15.4. The Kier molecular flexibility index (Phi) is 6.74. The van der Waals surface area contributed by atoms with Crippen LogP contribution in [0.25, 0.3) is 10.9 Å². The summed E-state index contributed by atoms with van der Waals surface area (Å²) >= 11 is 0. The van der Waals surface area contributed by atoms with E-state index in [9.17, 15) is 0 Å². The van der Waals surface area contributed by atoms with Crippen LogP contribution >= 0.6 is 24.0 Å². The zero-order valence-corrected chi connectivity index (χ0v) is 16.2. The van der Waals surface area contributed by atoms with Gasteiger partial charge >= 0.3 is 0 Å². The van der Waals surface area contributed by atoms with Crippen molar-refractivity contribution >= 4 is 40.8 Å². The van der Waals surface area contributed by atoms with Gasteiger partial charge in [0, 0.05) is 36.7 Å². The van der Waals surface area contributed by atoms with Crippen LogP contribution in [0.5, 0.6) is 0 Å². The third-order valence-corrected chi connectivity index (χ3v) is 4.58. The summed E-state index contributed by atoms with van der Waals surface area (Å²) in [4.78, 5) is 10.2. The van der Waals surface area contributed by atoms with Gasteiger partial charge in [-0.15, -0.1) is 24.0 Å². The number of nitrogens with zero attached hydrogens (tertiary/aromatic N) is 2. The molecule has 23 heavy (non-hydrogen) atoms. The second-order valence-electron chi connectivity index (χ2n) is 6.20. The number of guanidine groups is 1. The zero-order valence-electron chi connectivity index (χ0n) is 13.8. The minimum atomic E-state index is 0. The van der Waals surface area contributed by atoms with Gasteiger partial charge in [-0.05, 0) is 43.4 Å². The minimum absolute atomic E-state index is 0. The number of benzene rings is 1. The number of nitrogens with one attached hydrogen (secondary N) is 1. The number of fused-ring (bicyclic) bond motifs is 1. The summed E-state index contributed by atoms with van der Waals surface area (Å²) in [6.45, 7) is 5.03. The first-order valence-corrected chi connectivity index (χ1v) is 8.36. The van der Waals surface area contributed by atoms with Crippen molar-refractivity contribution in [1.29, 1.82) is 0 Å². The van der Waals surface area contributed by atoms with Crippen molar-refractivity contribution in [2.45, 2.75) is 39.0 Å². The Hall–Kier alpha value is -1.24. The van der Waals surface area contributed by atoms with Gasteiger partial charge in [0.05, 0.1) is 0 Å². The number of hydrogen-bond donors (Lipinski definition) is 2. The summed E-state index contributed by atoms with van der Waals surface area (Å²) in [7, 11) is 0. The predicted molar refractivity (Wildman–Crippen MR) is 109 cm³/mol. The van der Waals surface area contributed by atoms with E-state index in [0.717, 1.165) is 32.0 Å². The van der Waals surface area contributed by atoms with Gasteiger partial charge in [-0.1, -0.05) is 25.0 Å². The molecule has 3 N–H and O–H groups in total. The summed E-state index contributed by atoms with van der Waals surface area (Å²) in [5, 5.41) is 1.34. The molecule has 1 aliphatic heterocycles. The van der Waals surface area contributed by atoms with Crippen LogP contribution in [0.3, 0.4) is 0 Å². The first-order chi connectivity index (χ1) is 10.8. The average molecular weight is 426 g/mol. The molecule has 2 heterocycles. The molecule has 1 aromatic heterocycles. The maximum absolute atomic E-state index is 6.17. The third-order valence-electron chi connectivity index (χ3n) is 4.58. The molecule has 1 aromatic carbocycles. The lowest BCUT2D eigenvalue weighted by Crippen LogP contribution is -2.38. The molecule has 0 unspecified atom stereocenters. The van der Waals surface area contributed by atoms with E-state index in [4.69, 9.17) is 5.73 Å². The molecule has 5 heteroatoms. The van der Waals surface area contributed by atoms with Gasteiger partial charge in [-0.2, -0.15) is 0 Å². The quantitative estimate of drug-likeness (QED) is 0.445. The molecule has 1 saturated heterocycles. The highest BCUT2D eigenvalue weighted by atomic mass is 127. The van der Waals surface area contributed by atoms with Crippen LogP contribution in [-0.2, 0) is 6.42 Å². The lowest BCUT2D eigenvalue weighted by molar-refractivity contribution is 0.428. The maximum atomic E-state index is 6.17. The number of aryl methyl sites for hydroxylation is 1. The van der Waals surface area contributed by atoms with E-state index < -0.39 is 0 Å². The van der Waals surface area contributed by atoms with Gasteiger partial charge in [0.1, 0.15) is 0 Å². The predicted octanol–water partition coefficient (Wildman–Crippen LogP) is 3.83. The summed E-state index contributed by atoms with van der Waals surface area (Å²) in [6.07, 6.45) is 8.14. The van der Waals surface area contributed by atoms with Crippen LogP contribution in [-0.4, -0.2) is 35.5 Å². The number of hydrogen-bond acceptors (Lipinski definition) is 1. The number of rotatable bonds is 3. The Labute approximate surface area is 155 Å². The van der Waals surface area contributed by atoms with Crippen LogP contribution in [0, 0.1) is 6.92 Å². The van der Waals surface area contributed by atoms with Crippen molar-refractivity contribution in [1.82, 2.24) is 9.88 Å². The van der Waals surface area contributed by atoms with Crippen LogP contribution in [0.15, 0.2) is 29.4 Å². The van der Waals surface area contributed by atoms with Crippen molar-refractivity contribution in [3.05, 3.63) is 35.5 Å². The molecule has 3 rings (SSSR count). The van der Waals surface area contributed by atoms with Crippen molar-refractivity contribution in [3.8, 4) is 0 Å². The van der Waals surface area contributed by atoms with E-state index >= 15 is 0 Å². The maximum Gasteiger partial charge on any atom is 0.191 e. The minimum Gasteiger partial charge on any atom is -0.370 e. The Morgan fingerprint density at radius 2 is 1.96 bits per heavy atom. The summed E-state index contributed by atoms with van der Waals surface area (Å²) in [5.74, 6) is 0.721. The number of aliphatic imine (C=N–C) groups is 1. The molecule has 0 atom stereocenters. The van der Waals surface area contributed by atoms with E-state index in [-0.39, 0.29) is 24.0 Å². The smallest absolute Gasteiger partial charge is 0.191 e. The molecule has 1 fully saturated rings.